The number of halogens is 3. The van der Waals surface area contributed by atoms with Crippen molar-refractivity contribution in [1.29, 1.82) is 0 Å². The van der Waals surface area contributed by atoms with Crippen LogP contribution in [0.4, 0.5) is 18.9 Å². The van der Waals surface area contributed by atoms with E-state index in [1.807, 2.05) is 39.0 Å². The Hall–Kier alpha value is -2.38. The van der Waals surface area contributed by atoms with Crippen molar-refractivity contribution in [2.75, 3.05) is 44.2 Å². The summed E-state index contributed by atoms with van der Waals surface area (Å²) < 4.78 is 37.9. The van der Waals surface area contributed by atoms with Crippen molar-refractivity contribution in [2.24, 2.45) is 0 Å². The van der Waals surface area contributed by atoms with Gasteiger partial charge in [0.15, 0.2) is 0 Å². The van der Waals surface area contributed by atoms with Crippen LogP contribution in [0.1, 0.15) is 32.0 Å². The average Bonchev–Trinajstić information content (AvgIpc) is 2.79. The Bertz CT molecular complexity index is 710. The molecule has 1 N–H and O–H groups in total. The topological polar surface area (TPSA) is 31.4 Å². The maximum atomic E-state index is 12.6. The van der Waals surface area contributed by atoms with Crippen LogP contribution in [0, 0.1) is 0 Å². The molecule has 1 saturated heterocycles. The van der Waals surface area contributed by atoms with Crippen molar-refractivity contribution in [1.82, 2.24) is 15.2 Å². The molecule has 1 aromatic heterocycles. The van der Waals surface area contributed by atoms with Crippen LogP contribution >= 0.6 is 0 Å². The Morgan fingerprint density at radius 3 is 2.16 bits per heavy atom. The van der Waals surface area contributed by atoms with E-state index in [2.05, 4.69) is 26.7 Å². The maximum absolute atomic E-state index is 12.6. The smallest absolute Gasteiger partial charge is 0.369 e. The lowest BCUT2D eigenvalue weighted by Crippen LogP contribution is -2.48. The second-order valence-electron chi connectivity index (χ2n) is 6.78. The molecule has 0 saturated carbocycles. The van der Waals surface area contributed by atoms with Crippen molar-refractivity contribution in [2.45, 2.75) is 33.5 Å². The first-order valence-corrected chi connectivity index (χ1v) is 10.8. The van der Waals surface area contributed by atoms with E-state index in [0.29, 0.717) is 0 Å². The highest BCUT2D eigenvalue weighted by molar-refractivity contribution is 5.48. The molecule has 7 heteroatoms. The summed E-state index contributed by atoms with van der Waals surface area (Å²) in [6.07, 6.45) is -0.739. The Kier molecular flexibility index (Phi) is 12.5. The van der Waals surface area contributed by atoms with Crippen molar-refractivity contribution in [3.8, 4) is 0 Å². The van der Waals surface area contributed by atoms with E-state index in [0.717, 1.165) is 69.3 Å². The molecule has 0 unspecified atom stereocenters. The van der Waals surface area contributed by atoms with Gasteiger partial charge < -0.3 is 10.2 Å². The molecule has 1 aromatic carbocycles. The first kappa shape index (κ1) is 26.7. The lowest BCUT2D eigenvalue weighted by molar-refractivity contribution is -0.137. The number of allylic oxidation sites excluding steroid dienone is 1. The Morgan fingerprint density at radius 1 is 1.03 bits per heavy atom. The molecule has 1 aliphatic heterocycles. The van der Waals surface area contributed by atoms with E-state index in [1.54, 1.807) is 24.4 Å². The SMILES string of the molecule is C=CC.CC.FC(F)(F)c1ccc(N2CCN(CCNCc3ccccn3)CC2)cc1. The van der Waals surface area contributed by atoms with Gasteiger partial charge in [-0.1, -0.05) is 26.0 Å². The minimum atomic E-state index is -4.28. The summed E-state index contributed by atoms with van der Waals surface area (Å²) in [5.74, 6) is 0. The van der Waals surface area contributed by atoms with Crippen LogP contribution in [-0.2, 0) is 12.7 Å². The van der Waals surface area contributed by atoms with Gasteiger partial charge in [-0.05, 0) is 43.3 Å². The van der Waals surface area contributed by atoms with Gasteiger partial charge in [0, 0.05) is 57.7 Å². The van der Waals surface area contributed by atoms with Crippen LogP contribution in [-0.4, -0.2) is 49.2 Å². The lowest BCUT2D eigenvalue weighted by Gasteiger charge is -2.36. The highest BCUT2D eigenvalue weighted by Crippen LogP contribution is 2.30. The van der Waals surface area contributed by atoms with Crippen molar-refractivity contribution >= 4 is 5.69 Å². The molecular formula is C24H35F3N4. The molecule has 0 bridgehead atoms. The molecule has 3 rings (SSSR count). The second-order valence-corrected chi connectivity index (χ2v) is 6.78. The summed E-state index contributed by atoms with van der Waals surface area (Å²) in [6, 6.07) is 11.3. The maximum Gasteiger partial charge on any atom is 0.416 e. The zero-order valence-corrected chi connectivity index (χ0v) is 18.8. The van der Waals surface area contributed by atoms with E-state index in [9.17, 15) is 13.2 Å². The largest absolute Gasteiger partial charge is 0.416 e. The molecule has 1 aliphatic rings. The summed E-state index contributed by atoms with van der Waals surface area (Å²) in [6.45, 7) is 15.3. The van der Waals surface area contributed by atoms with Crippen LogP contribution in [0.5, 0.6) is 0 Å². The molecule has 0 aliphatic carbocycles. The fourth-order valence-corrected chi connectivity index (χ4v) is 3.05. The number of nitrogens with zero attached hydrogens (tertiary/aromatic N) is 3. The monoisotopic (exact) mass is 436 g/mol. The summed E-state index contributed by atoms with van der Waals surface area (Å²) in [5.41, 5.74) is 1.28. The minimum Gasteiger partial charge on any atom is -0.369 e. The predicted octanol–water partition coefficient (Wildman–Crippen LogP) is 5.23. The number of hydrogen-bond acceptors (Lipinski definition) is 4. The van der Waals surface area contributed by atoms with Gasteiger partial charge in [0.1, 0.15) is 0 Å². The zero-order valence-electron chi connectivity index (χ0n) is 18.8. The Balaban J connectivity index is 0.000000884. The summed E-state index contributed by atoms with van der Waals surface area (Å²) in [7, 11) is 0. The third kappa shape index (κ3) is 9.98. The van der Waals surface area contributed by atoms with Gasteiger partial charge in [0.25, 0.3) is 0 Å². The fraction of sp³-hybridized carbons (Fsp3) is 0.458. The number of nitrogens with one attached hydrogen (secondary N) is 1. The van der Waals surface area contributed by atoms with Crippen LogP contribution in [0.3, 0.4) is 0 Å². The number of benzene rings is 1. The van der Waals surface area contributed by atoms with Gasteiger partial charge in [0.05, 0.1) is 11.3 Å². The van der Waals surface area contributed by atoms with Crippen LogP contribution in [0.25, 0.3) is 0 Å². The minimum absolute atomic E-state index is 0.598. The lowest BCUT2D eigenvalue weighted by atomic mass is 10.1. The number of alkyl halides is 3. The number of aromatic nitrogens is 1. The molecule has 0 amide bonds. The third-order valence-electron chi connectivity index (χ3n) is 4.57. The number of piperazine rings is 1. The zero-order chi connectivity index (χ0) is 23.1. The number of pyridine rings is 1. The third-order valence-corrected chi connectivity index (χ3v) is 4.57. The van der Waals surface area contributed by atoms with Gasteiger partial charge in [-0.3, -0.25) is 9.88 Å². The van der Waals surface area contributed by atoms with Crippen LogP contribution < -0.4 is 10.2 Å². The standard InChI is InChI=1S/C19H23F3N4.C3H6.C2H6/c20-19(21,22)16-4-6-18(7-5-16)26-13-11-25(12-14-26)10-9-23-15-17-3-1-2-8-24-17;1-3-2;1-2/h1-8,23H,9-15H2;3H,1H2,2H3;1-2H3. The molecule has 0 atom stereocenters. The summed E-state index contributed by atoms with van der Waals surface area (Å²) in [4.78, 5) is 8.78. The molecule has 2 aromatic rings. The van der Waals surface area contributed by atoms with E-state index >= 15 is 0 Å². The first-order chi connectivity index (χ1) is 14.9. The quantitative estimate of drug-likeness (QED) is 0.496. The van der Waals surface area contributed by atoms with E-state index < -0.39 is 11.7 Å². The number of rotatable bonds is 6. The van der Waals surface area contributed by atoms with Crippen molar-refractivity contribution in [3.05, 3.63) is 72.6 Å². The Morgan fingerprint density at radius 2 is 1.65 bits per heavy atom. The van der Waals surface area contributed by atoms with Gasteiger partial charge in [-0.2, -0.15) is 13.2 Å². The highest BCUT2D eigenvalue weighted by atomic mass is 19.4. The summed E-state index contributed by atoms with van der Waals surface area (Å²) in [5, 5.41) is 3.39. The van der Waals surface area contributed by atoms with Crippen molar-refractivity contribution < 1.29 is 13.2 Å². The molecule has 1 fully saturated rings. The second kappa shape index (κ2) is 14.6. The van der Waals surface area contributed by atoms with Crippen molar-refractivity contribution in [3.63, 3.8) is 0 Å². The molecule has 0 spiro atoms. The fourth-order valence-electron chi connectivity index (χ4n) is 3.05. The highest BCUT2D eigenvalue weighted by Gasteiger charge is 2.30. The first-order valence-electron chi connectivity index (χ1n) is 10.8. The van der Waals surface area contributed by atoms with Crippen LogP contribution in [0.15, 0.2) is 61.3 Å². The summed E-state index contributed by atoms with van der Waals surface area (Å²) >= 11 is 0. The predicted molar refractivity (Wildman–Crippen MR) is 123 cm³/mol. The number of hydrogen-bond donors (Lipinski definition) is 1. The molecule has 31 heavy (non-hydrogen) atoms. The van der Waals surface area contributed by atoms with E-state index in [-0.39, 0.29) is 0 Å². The molecule has 4 nitrogen and oxygen atoms in total. The molecular weight excluding hydrogens is 401 g/mol. The van der Waals surface area contributed by atoms with Gasteiger partial charge in [-0.25, -0.2) is 0 Å². The van der Waals surface area contributed by atoms with Gasteiger partial charge in [-0.15, -0.1) is 6.58 Å². The normalized spacial score (nSPS) is 14.1. The molecule has 172 valence electrons. The Labute approximate surface area is 184 Å². The number of anilines is 1. The molecule has 2 heterocycles. The molecule has 0 radical (unpaired) electrons. The average molecular weight is 437 g/mol. The van der Waals surface area contributed by atoms with Crippen LogP contribution in [0.2, 0.25) is 0 Å². The van der Waals surface area contributed by atoms with E-state index in [4.69, 9.17) is 0 Å². The van der Waals surface area contributed by atoms with Gasteiger partial charge >= 0.3 is 6.18 Å². The van der Waals surface area contributed by atoms with Gasteiger partial charge in [0.2, 0.25) is 0 Å². The van der Waals surface area contributed by atoms with E-state index in [1.165, 1.54) is 0 Å².